The lowest BCUT2D eigenvalue weighted by Crippen LogP contribution is -2.38. The maximum atomic E-state index is 12.3. The first kappa shape index (κ1) is 12.2. The van der Waals surface area contributed by atoms with Crippen molar-refractivity contribution in [2.75, 3.05) is 12.4 Å². The molecule has 0 aliphatic carbocycles. The van der Waals surface area contributed by atoms with Crippen LogP contribution in [0.4, 0.5) is 0 Å². The molecule has 0 saturated carbocycles. The van der Waals surface area contributed by atoms with E-state index in [2.05, 4.69) is 6.92 Å². The summed E-state index contributed by atoms with van der Waals surface area (Å²) in [4.78, 5) is 14.1. The molecule has 1 amide bonds. The molecule has 1 aliphatic heterocycles. The highest BCUT2D eigenvalue weighted by Crippen LogP contribution is 2.26. The maximum absolute atomic E-state index is 12.3. The lowest BCUT2D eigenvalue weighted by molar-refractivity contribution is 0.0737. The van der Waals surface area contributed by atoms with Crippen molar-refractivity contribution in [2.45, 2.75) is 19.4 Å². The smallest absolute Gasteiger partial charge is 0.254 e. The van der Waals surface area contributed by atoms with Gasteiger partial charge in [-0.2, -0.15) is 0 Å². The number of amides is 1. The van der Waals surface area contributed by atoms with Crippen molar-refractivity contribution >= 4 is 17.5 Å². The van der Waals surface area contributed by atoms with Crippen LogP contribution >= 0.6 is 11.6 Å². The van der Waals surface area contributed by atoms with Crippen LogP contribution < -0.4 is 0 Å². The van der Waals surface area contributed by atoms with E-state index in [1.165, 1.54) is 12.1 Å². The molecular formula is C13H16ClNO2. The van der Waals surface area contributed by atoms with Crippen LogP contribution in [0.25, 0.3) is 0 Å². The summed E-state index contributed by atoms with van der Waals surface area (Å²) in [6, 6.07) is 6.47. The third-order valence-corrected chi connectivity index (χ3v) is 3.73. The summed E-state index contributed by atoms with van der Waals surface area (Å²) in [6.07, 6.45) is 1.00. The topological polar surface area (TPSA) is 40.5 Å². The van der Waals surface area contributed by atoms with E-state index in [1.807, 2.05) is 4.90 Å². The first-order valence-electron chi connectivity index (χ1n) is 5.79. The molecule has 1 saturated heterocycles. The highest BCUT2D eigenvalue weighted by atomic mass is 35.5. The van der Waals surface area contributed by atoms with E-state index in [0.29, 0.717) is 17.4 Å². The largest absolute Gasteiger partial charge is 0.508 e. The van der Waals surface area contributed by atoms with Crippen LogP contribution in [0.5, 0.6) is 5.75 Å². The van der Waals surface area contributed by atoms with E-state index >= 15 is 0 Å². The molecule has 92 valence electrons. The zero-order valence-electron chi connectivity index (χ0n) is 9.77. The number of carbonyl (C=O) groups is 1. The zero-order valence-corrected chi connectivity index (χ0v) is 10.5. The van der Waals surface area contributed by atoms with Crippen molar-refractivity contribution in [3.63, 3.8) is 0 Å². The van der Waals surface area contributed by atoms with Gasteiger partial charge >= 0.3 is 0 Å². The zero-order chi connectivity index (χ0) is 12.4. The van der Waals surface area contributed by atoms with Crippen LogP contribution in [0.2, 0.25) is 0 Å². The van der Waals surface area contributed by atoms with E-state index in [9.17, 15) is 9.90 Å². The number of carbonyl (C=O) groups excluding carboxylic acids is 1. The lowest BCUT2D eigenvalue weighted by Gasteiger charge is -2.25. The summed E-state index contributed by atoms with van der Waals surface area (Å²) in [5, 5.41) is 9.20. The number of nitrogens with zero attached hydrogens (tertiary/aromatic N) is 1. The number of phenols is 1. The van der Waals surface area contributed by atoms with E-state index in [-0.39, 0.29) is 17.7 Å². The normalized spacial score (nSPS) is 24.0. The van der Waals surface area contributed by atoms with Crippen LogP contribution in [-0.4, -0.2) is 34.4 Å². The predicted molar refractivity (Wildman–Crippen MR) is 67.4 cm³/mol. The molecule has 1 fully saturated rings. The lowest BCUT2D eigenvalue weighted by atomic mass is 10.0. The molecule has 0 aromatic heterocycles. The minimum absolute atomic E-state index is 0.000000000000000444. The number of likely N-dealkylation sites (tertiary alicyclic amines) is 1. The van der Waals surface area contributed by atoms with E-state index in [4.69, 9.17) is 11.6 Å². The van der Waals surface area contributed by atoms with Crippen LogP contribution in [0.1, 0.15) is 23.7 Å². The van der Waals surface area contributed by atoms with Gasteiger partial charge in [0.05, 0.1) is 0 Å². The Kier molecular flexibility index (Phi) is 3.57. The molecule has 1 aliphatic rings. The Bertz CT molecular complexity index is 404. The SMILES string of the molecule is CC1CCN(C(=O)c2ccc(O)cc2)C1CCl. The molecule has 1 aromatic carbocycles. The van der Waals surface area contributed by atoms with Crippen LogP contribution in [0.3, 0.4) is 0 Å². The van der Waals surface area contributed by atoms with E-state index < -0.39 is 0 Å². The quantitative estimate of drug-likeness (QED) is 0.823. The molecule has 2 unspecified atom stereocenters. The molecule has 2 rings (SSSR count). The number of alkyl halides is 1. The molecule has 17 heavy (non-hydrogen) atoms. The van der Waals surface area contributed by atoms with E-state index in [0.717, 1.165) is 13.0 Å². The molecular weight excluding hydrogens is 238 g/mol. The molecule has 0 spiro atoms. The number of halogens is 1. The second-order valence-corrected chi connectivity index (χ2v) is 4.84. The Labute approximate surface area is 106 Å². The first-order chi connectivity index (χ1) is 8.13. The van der Waals surface area contributed by atoms with Gasteiger partial charge in [-0.05, 0) is 36.6 Å². The second kappa shape index (κ2) is 4.96. The number of aromatic hydroxyl groups is 1. The van der Waals surface area contributed by atoms with Gasteiger partial charge < -0.3 is 10.0 Å². The molecule has 3 nitrogen and oxygen atoms in total. The standard InChI is InChI=1S/C13H16ClNO2/c1-9-6-7-15(12(9)8-14)13(17)10-2-4-11(16)5-3-10/h2-5,9,12,16H,6-8H2,1H3. The van der Waals surface area contributed by atoms with Gasteiger partial charge in [0.2, 0.25) is 0 Å². The van der Waals surface area contributed by atoms with Gasteiger partial charge in [0, 0.05) is 24.0 Å². The molecule has 0 radical (unpaired) electrons. The summed E-state index contributed by atoms with van der Waals surface area (Å²) >= 11 is 5.92. The van der Waals surface area contributed by atoms with Crippen LogP contribution in [0.15, 0.2) is 24.3 Å². The van der Waals surface area contributed by atoms with Crippen molar-refractivity contribution < 1.29 is 9.90 Å². The number of rotatable bonds is 2. The molecule has 1 aromatic rings. The third-order valence-electron chi connectivity index (χ3n) is 3.42. The van der Waals surface area contributed by atoms with Gasteiger partial charge in [-0.15, -0.1) is 11.6 Å². The molecule has 1 N–H and O–H groups in total. The Morgan fingerprint density at radius 1 is 1.47 bits per heavy atom. The number of phenolic OH excluding ortho intramolecular Hbond substituents is 1. The minimum atomic E-state index is 0.000000000000000444. The fourth-order valence-electron chi connectivity index (χ4n) is 2.27. The summed E-state index contributed by atoms with van der Waals surface area (Å²) in [7, 11) is 0. The second-order valence-electron chi connectivity index (χ2n) is 4.53. The Morgan fingerprint density at radius 3 is 2.71 bits per heavy atom. The van der Waals surface area contributed by atoms with Crippen molar-refractivity contribution in [2.24, 2.45) is 5.92 Å². The Hall–Kier alpha value is -1.22. The Morgan fingerprint density at radius 2 is 2.12 bits per heavy atom. The molecule has 2 atom stereocenters. The molecule has 0 bridgehead atoms. The highest BCUT2D eigenvalue weighted by Gasteiger charge is 2.33. The maximum Gasteiger partial charge on any atom is 0.254 e. The monoisotopic (exact) mass is 253 g/mol. The Balaban J connectivity index is 2.17. The van der Waals surface area contributed by atoms with Crippen LogP contribution in [-0.2, 0) is 0 Å². The van der Waals surface area contributed by atoms with Gasteiger partial charge in [0.1, 0.15) is 5.75 Å². The fourth-order valence-corrected chi connectivity index (χ4v) is 2.74. The van der Waals surface area contributed by atoms with Crippen molar-refractivity contribution in [1.29, 1.82) is 0 Å². The van der Waals surface area contributed by atoms with E-state index in [1.54, 1.807) is 12.1 Å². The van der Waals surface area contributed by atoms with Crippen molar-refractivity contribution in [3.05, 3.63) is 29.8 Å². The summed E-state index contributed by atoms with van der Waals surface area (Å²) in [5.74, 6) is 1.10. The van der Waals surface area contributed by atoms with Crippen molar-refractivity contribution in [3.8, 4) is 5.75 Å². The van der Waals surface area contributed by atoms with Gasteiger partial charge in [-0.25, -0.2) is 0 Å². The van der Waals surface area contributed by atoms with Gasteiger partial charge in [0.15, 0.2) is 0 Å². The fraction of sp³-hybridized carbons (Fsp3) is 0.462. The number of benzene rings is 1. The molecule has 4 heteroatoms. The van der Waals surface area contributed by atoms with Gasteiger partial charge in [-0.1, -0.05) is 6.92 Å². The third kappa shape index (κ3) is 2.39. The first-order valence-corrected chi connectivity index (χ1v) is 6.33. The predicted octanol–water partition coefficient (Wildman–Crippen LogP) is 2.48. The summed E-state index contributed by atoms with van der Waals surface area (Å²) in [6.45, 7) is 2.88. The average Bonchev–Trinajstić information content (AvgIpc) is 2.70. The number of hydrogen-bond acceptors (Lipinski definition) is 2. The molecule has 1 heterocycles. The highest BCUT2D eigenvalue weighted by molar-refractivity contribution is 6.18. The van der Waals surface area contributed by atoms with Gasteiger partial charge in [-0.3, -0.25) is 4.79 Å². The van der Waals surface area contributed by atoms with Crippen molar-refractivity contribution in [1.82, 2.24) is 4.90 Å². The minimum Gasteiger partial charge on any atom is -0.508 e. The van der Waals surface area contributed by atoms with Crippen LogP contribution in [0, 0.1) is 5.92 Å². The van der Waals surface area contributed by atoms with Gasteiger partial charge in [0.25, 0.3) is 5.91 Å². The average molecular weight is 254 g/mol. The summed E-state index contributed by atoms with van der Waals surface area (Å²) in [5.41, 5.74) is 0.604. The summed E-state index contributed by atoms with van der Waals surface area (Å²) < 4.78 is 0. The number of hydrogen-bond donors (Lipinski definition) is 1.